The van der Waals surface area contributed by atoms with Gasteiger partial charge in [0.25, 0.3) is 11.5 Å². The van der Waals surface area contributed by atoms with Gasteiger partial charge in [-0.2, -0.15) is 10.1 Å². The van der Waals surface area contributed by atoms with Crippen molar-refractivity contribution in [3.8, 4) is 5.75 Å². The van der Waals surface area contributed by atoms with E-state index < -0.39 is 17.9 Å². The Kier molecular flexibility index (Phi) is 7.05. The number of allylic oxidation sites excluding steroid dienone is 1. The van der Waals surface area contributed by atoms with Crippen LogP contribution < -0.4 is 24.6 Å². The molecule has 3 heterocycles. The van der Waals surface area contributed by atoms with Gasteiger partial charge in [0.15, 0.2) is 4.80 Å². The predicted octanol–water partition coefficient (Wildman–Crippen LogP) is 3.19. The van der Waals surface area contributed by atoms with Crippen LogP contribution in [0.5, 0.6) is 5.75 Å². The van der Waals surface area contributed by atoms with Gasteiger partial charge in [-0.3, -0.25) is 14.2 Å². The number of hydrazone groups is 1. The molecule has 9 nitrogen and oxygen atoms in total. The second kappa shape index (κ2) is 10.5. The molecule has 200 valence electrons. The number of thiazole rings is 1. The van der Waals surface area contributed by atoms with Gasteiger partial charge in [0, 0.05) is 0 Å². The van der Waals surface area contributed by atoms with Crippen molar-refractivity contribution in [3.05, 3.63) is 91.1 Å². The van der Waals surface area contributed by atoms with Crippen LogP contribution in [-0.4, -0.2) is 35.4 Å². The van der Waals surface area contributed by atoms with Gasteiger partial charge in [0.05, 0.1) is 46.5 Å². The van der Waals surface area contributed by atoms with Gasteiger partial charge in [-0.15, -0.1) is 0 Å². The summed E-state index contributed by atoms with van der Waals surface area (Å²) < 4.78 is 12.7. The Morgan fingerprint density at radius 3 is 2.38 bits per heavy atom. The van der Waals surface area contributed by atoms with Crippen molar-refractivity contribution in [2.45, 2.75) is 39.8 Å². The zero-order valence-corrected chi connectivity index (χ0v) is 23.1. The van der Waals surface area contributed by atoms with Crippen LogP contribution in [0.1, 0.15) is 39.3 Å². The molecule has 0 saturated heterocycles. The number of fused-ring (bicyclic) bond motifs is 1. The molecule has 2 aromatic carbocycles. The average Bonchev–Trinajstić information content (AvgIpc) is 3.38. The average molecular weight is 545 g/mol. The molecular weight excluding hydrogens is 516 g/mol. The van der Waals surface area contributed by atoms with Gasteiger partial charge >= 0.3 is 5.97 Å². The summed E-state index contributed by atoms with van der Waals surface area (Å²) in [7, 11) is 1.57. The quantitative estimate of drug-likeness (QED) is 0.444. The Balaban J connectivity index is 1.62. The van der Waals surface area contributed by atoms with Crippen LogP contribution in [0, 0.1) is 5.92 Å². The zero-order valence-electron chi connectivity index (χ0n) is 22.2. The summed E-state index contributed by atoms with van der Waals surface area (Å²) in [5, 5.41) is 5.80. The van der Waals surface area contributed by atoms with E-state index in [1.807, 2.05) is 30.3 Å². The molecule has 0 aliphatic carbocycles. The number of para-hydroxylation sites is 1. The maximum atomic E-state index is 13.9. The van der Waals surface area contributed by atoms with Crippen LogP contribution >= 0.6 is 11.3 Å². The lowest BCUT2D eigenvalue weighted by Crippen LogP contribution is -2.40. The lowest BCUT2D eigenvalue weighted by molar-refractivity contribution is -0.143. The number of anilines is 1. The van der Waals surface area contributed by atoms with E-state index in [-0.39, 0.29) is 23.1 Å². The van der Waals surface area contributed by atoms with Crippen molar-refractivity contribution < 1.29 is 19.1 Å². The monoisotopic (exact) mass is 544 g/mol. The normalized spacial score (nSPS) is 19.2. The zero-order chi connectivity index (χ0) is 27.8. The van der Waals surface area contributed by atoms with E-state index >= 15 is 0 Å². The number of benzene rings is 2. The van der Waals surface area contributed by atoms with Crippen molar-refractivity contribution in [1.29, 1.82) is 0 Å². The summed E-state index contributed by atoms with van der Waals surface area (Å²) >= 11 is 1.18. The number of hydrogen-bond donors (Lipinski definition) is 0. The maximum Gasteiger partial charge on any atom is 0.338 e. The molecule has 1 aromatic heterocycles. The minimum atomic E-state index is -0.754. The molecule has 3 aromatic rings. The molecular formula is C29H28N4O5S. The fourth-order valence-electron chi connectivity index (χ4n) is 4.65. The number of hydrogen-bond acceptors (Lipinski definition) is 8. The summed E-state index contributed by atoms with van der Waals surface area (Å²) in [6.45, 7) is 7.04. The highest BCUT2D eigenvalue weighted by Gasteiger charge is 2.36. The van der Waals surface area contributed by atoms with Gasteiger partial charge in [0.1, 0.15) is 11.7 Å². The third-order valence-electron chi connectivity index (χ3n) is 6.52. The van der Waals surface area contributed by atoms with E-state index in [2.05, 4.69) is 10.1 Å². The Hall–Kier alpha value is -4.31. The summed E-state index contributed by atoms with van der Waals surface area (Å²) in [5.41, 5.74) is 2.36. The van der Waals surface area contributed by atoms with Gasteiger partial charge in [0.2, 0.25) is 0 Å². The van der Waals surface area contributed by atoms with Gasteiger partial charge in [-0.05, 0) is 63.6 Å². The number of carbonyl (C=O) groups excluding carboxylic acids is 2. The number of rotatable bonds is 6. The second-order valence-electron chi connectivity index (χ2n) is 9.54. The van der Waals surface area contributed by atoms with E-state index in [0.29, 0.717) is 37.7 Å². The van der Waals surface area contributed by atoms with Crippen LogP contribution in [-0.2, 0) is 14.3 Å². The van der Waals surface area contributed by atoms with E-state index in [1.165, 1.54) is 20.9 Å². The molecule has 2 atom stereocenters. The Morgan fingerprint density at radius 2 is 1.74 bits per heavy atom. The molecule has 39 heavy (non-hydrogen) atoms. The van der Waals surface area contributed by atoms with E-state index in [9.17, 15) is 14.4 Å². The third kappa shape index (κ3) is 4.83. The number of methoxy groups -OCH3 is 1. The maximum absolute atomic E-state index is 13.9. The first-order valence-corrected chi connectivity index (χ1v) is 13.3. The first kappa shape index (κ1) is 26.3. The molecule has 0 N–H and O–H groups in total. The standard InChI is InChI=1S/C29H28N4O5S/c1-16(2)38-28(36)24-18(4)30-29-32(25(24)19-11-13-21(37-5)14-12-19)27(35)23(39-29)15-22-17(3)31-33(26(22)34)20-9-7-6-8-10-20/h6-16,22,25H,1-5H3/b23-15+/t22-,25+/m1/s1. The van der Waals surface area contributed by atoms with Crippen molar-refractivity contribution in [2.75, 3.05) is 12.1 Å². The first-order chi connectivity index (χ1) is 18.7. The predicted molar refractivity (Wildman–Crippen MR) is 149 cm³/mol. The highest BCUT2D eigenvalue weighted by molar-refractivity contribution is 7.07. The Labute approximate surface area is 229 Å². The van der Waals surface area contributed by atoms with Crippen LogP contribution in [0.25, 0.3) is 6.08 Å². The van der Waals surface area contributed by atoms with E-state index in [1.54, 1.807) is 65.1 Å². The van der Waals surface area contributed by atoms with E-state index in [0.717, 1.165) is 0 Å². The SMILES string of the molecule is COc1ccc([C@H]2C(C(=O)OC(C)C)=C(C)N=c3s/c(=C/[C@H]4C(=O)N(c5ccccc5)N=C4C)c(=O)n32)cc1. The molecule has 0 radical (unpaired) electrons. The number of carbonyl (C=O) groups is 2. The molecule has 1 amide bonds. The van der Waals surface area contributed by atoms with Gasteiger partial charge in [-0.25, -0.2) is 9.79 Å². The highest BCUT2D eigenvalue weighted by Crippen LogP contribution is 2.32. The van der Waals surface area contributed by atoms with Crippen LogP contribution in [0.4, 0.5) is 5.69 Å². The van der Waals surface area contributed by atoms with Crippen LogP contribution in [0.3, 0.4) is 0 Å². The van der Waals surface area contributed by atoms with Gasteiger partial charge < -0.3 is 9.47 Å². The van der Waals surface area contributed by atoms with Crippen molar-refractivity contribution in [3.63, 3.8) is 0 Å². The topological polar surface area (TPSA) is 103 Å². The molecule has 0 unspecified atom stereocenters. The van der Waals surface area contributed by atoms with Gasteiger partial charge in [-0.1, -0.05) is 41.7 Å². The molecule has 2 aliphatic heterocycles. The third-order valence-corrected chi connectivity index (χ3v) is 7.52. The number of nitrogens with zero attached hydrogens (tertiary/aromatic N) is 4. The van der Waals surface area contributed by atoms with Crippen molar-refractivity contribution in [2.24, 2.45) is 16.0 Å². The fourth-order valence-corrected chi connectivity index (χ4v) is 5.71. The smallest absolute Gasteiger partial charge is 0.338 e. The number of esters is 1. The number of amides is 1. The molecule has 0 bridgehead atoms. The van der Waals surface area contributed by atoms with Crippen LogP contribution in [0.15, 0.2) is 80.8 Å². The Morgan fingerprint density at radius 1 is 1.05 bits per heavy atom. The Bertz CT molecular complexity index is 1680. The van der Waals surface area contributed by atoms with Crippen LogP contribution in [0.2, 0.25) is 0 Å². The number of aromatic nitrogens is 1. The molecule has 5 rings (SSSR count). The summed E-state index contributed by atoms with van der Waals surface area (Å²) in [5.74, 6) is -0.824. The largest absolute Gasteiger partial charge is 0.497 e. The number of ether oxygens (including phenoxy) is 2. The molecule has 2 aliphatic rings. The minimum Gasteiger partial charge on any atom is -0.497 e. The van der Waals surface area contributed by atoms with Crippen molar-refractivity contribution in [1.82, 2.24) is 4.57 Å². The summed E-state index contributed by atoms with van der Waals surface area (Å²) in [6.07, 6.45) is 1.30. The molecule has 10 heteroatoms. The molecule has 0 saturated carbocycles. The first-order valence-electron chi connectivity index (χ1n) is 12.5. The summed E-state index contributed by atoms with van der Waals surface area (Å²) in [6, 6.07) is 15.6. The fraction of sp³-hybridized carbons (Fsp3) is 0.276. The summed E-state index contributed by atoms with van der Waals surface area (Å²) in [4.78, 5) is 45.5. The molecule has 0 spiro atoms. The lowest BCUT2D eigenvalue weighted by atomic mass is 9.95. The minimum absolute atomic E-state index is 0.242. The second-order valence-corrected chi connectivity index (χ2v) is 10.5. The van der Waals surface area contributed by atoms with E-state index in [4.69, 9.17) is 9.47 Å². The molecule has 0 fully saturated rings. The lowest BCUT2D eigenvalue weighted by Gasteiger charge is -2.25. The van der Waals surface area contributed by atoms with Crippen molar-refractivity contribution >= 4 is 40.7 Å². The highest BCUT2D eigenvalue weighted by atomic mass is 32.1.